The van der Waals surface area contributed by atoms with E-state index in [0.29, 0.717) is 18.2 Å². The number of aliphatic imine (C=N–C) groups is 1. The molecule has 0 bridgehead atoms. The Hall–Kier alpha value is -1.11. The lowest BCUT2D eigenvalue weighted by molar-refractivity contribution is -0.176. The summed E-state index contributed by atoms with van der Waals surface area (Å²) in [5, 5.41) is 6.62. The van der Waals surface area contributed by atoms with Crippen LogP contribution in [0, 0.1) is 0 Å². The van der Waals surface area contributed by atoms with Crippen molar-refractivity contribution in [3.63, 3.8) is 0 Å². The minimum Gasteiger partial charge on any atom is -0.367 e. The van der Waals surface area contributed by atoms with Crippen LogP contribution >= 0.6 is 24.0 Å². The first-order valence-corrected chi connectivity index (χ1v) is 9.86. The highest BCUT2D eigenvalue weighted by atomic mass is 127. The minimum atomic E-state index is -4.30. The fourth-order valence-corrected chi connectivity index (χ4v) is 3.08. The summed E-state index contributed by atoms with van der Waals surface area (Å²) in [6.45, 7) is 6.64. The quantitative estimate of drug-likeness (QED) is 0.300. The zero-order chi connectivity index (χ0) is 21.3. The summed E-state index contributed by atoms with van der Waals surface area (Å²) in [7, 11) is 3.88. The Morgan fingerprint density at radius 3 is 2.27 bits per heavy atom. The number of ether oxygens (including phenoxy) is 1. The molecule has 0 spiro atoms. The second-order valence-corrected chi connectivity index (χ2v) is 7.42. The zero-order valence-electron chi connectivity index (χ0n) is 17.8. The predicted octanol–water partition coefficient (Wildman–Crippen LogP) is 2.68. The first-order chi connectivity index (χ1) is 13.8. The van der Waals surface area contributed by atoms with Gasteiger partial charge in [0.25, 0.3) is 0 Å². The van der Waals surface area contributed by atoms with E-state index in [-0.39, 0.29) is 30.6 Å². The van der Waals surface area contributed by atoms with E-state index in [2.05, 4.69) is 44.1 Å². The van der Waals surface area contributed by atoms with Crippen LogP contribution in [0.3, 0.4) is 0 Å². The van der Waals surface area contributed by atoms with E-state index in [1.165, 1.54) is 0 Å². The lowest BCUT2D eigenvalue weighted by Gasteiger charge is -2.36. The lowest BCUT2D eigenvalue weighted by atomic mass is 10.1. The van der Waals surface area contributed by atoms with E-state index in [1.54, 1.807) is 19.2 Å². The number of hydrogen-bond acceptors (Lipinski definition) is 4. The Bertz CT molecular complexity index is 634. The molecule has 1 unspecified atom stereocenters. The van der Waals surface area contributed by atoms with Gasteiger partial charge in [0.2, 0.25) is 0 Å². The summed E-state index contributed by atoms with van der Waals surface area (Å²) in [5.74, 6) is 0.726. The highest BCUT2D eigenvalue weighted by Gasteiger charge is 2.27. The van der Waals surface area contributed by atoms with E-state index in [1.807, 2.05) is 12.1 Å². The molecule has 0 aromatic heterocycles. The number of guanidine groups is 1. The zero-order valence-corrected chi connectivity index (χ0v) is 20.2. The number of nitrogens with zero attached hydrogens (tertiary/aromatic N) is 3. The standard InChI is InChI=1S/C20H32F3N5O.HI/c1-16(28-10-8-27(3)9-11-28)12-25-19(24-2)26-13-17-4-6-18(7-5-17)14-29-15-20(21,22)23;/h4-7,16H,8-15H2,1-3H3,(H2,24,25,26);1H. The highest BCUT2D eigenvalue weighted by Crippen LogP contribution is 2.15. The molecule has 1 heterocycles. The lowest BCUT2D eigenvalue weighted by Crippen LogP contribution is -2.52. The van der Waals surface area contributed by atoms with Crippen molar-refractivity contribution in [3.05, 3.63) is 35.4 Å². The van der Waals surface area contributed by atoms with Crippen molar-refractivity contribution in [1.29, 1.82) is 0 Å². The fraction of sp³-hybridized carbons (Fsp3) is 0.650. The summed E-state index contributed by atoms with van der Waals surface area (Å²) >= 11 is 0. The molecule has 1 atom stereocenters. The third-order valence-corrected chi connectivity index (χ3v) is 4.97. The van der Waals surface area contributed by atoms with Crippen LogP contribution in [-0.2, 0) is 17.9 Å². The molecule has 2 rings (SSSR count). The van der Waals surface area contributed by atoms with Crippen molar-refractivity contribution in [1.82, 2.24) is 20.4 Å². The summed E-state index contributed by atoms with van der Waals surface area (Å²) < 4.78 is 41.0. The van der Waals surface area contributed by atoms with Gasteiger partial charge in [0, 0.05) is 52.4 Å². The van der Waals surface area contributed by atoms with Crippen molar-refractivity contribution < 1.29 is 17.9 Å². The molecular weight excluding hydrogens is 510 g/mol. The van der Waals surface area contributed by atoms with Gasteiger partial charge in [-0.15, -0.1) is 24.0 Å². The second kappa shape index (κ2) is 13.3. The van der Waals surface area contributed by atoms with Gasteiger partial charge in [-0.1, -0.05) is 24.3 Å². The second-order valence-electron chi connectivity index (χ2n) is 7.42. The summed E-state index contributed by atoms with van der Waals surface area (Å²) in [6.07, 6.45) is -4.30. The Morgan fingerprint density at radius 2 is 1.70 bits per heavy atom. The summed E-state index contributed by atoms with van der Waals surface area (Å²) in [5.41, 5.74) is 1.72. The maximum absolute atomic E-state index is 12.1. The SMILES string of the molecule is CN=C(NCc1ccc(COCC(F)(F)F)cc1)NCC(C)N1CCN(C)CC1.I. The van der Waals surface area contributed by atoms with Crippen molar-refractivity contribution in [2.75, 3.05) is 53.4 Å². The number of hydrogen-bond donors (Lipinski definition) is 2. The molecule has 1 aliphatic rings. The molecule has 1 aromatic rings. The van der Waals surface area contributed by atoms with Gasteiger partial charge in [-0.2, -0.15) is 13.2 Å². The number of halogens is 4. The molecule has 1 aliphatic heterocycles. The molecule has 1 saturated heterocycles. The molecule has 2 N–H and O–H groups in total. The van der Waals surface area contributed by atoms with Crippen LogP contribution in [0.5, 0.6) is 0 Å². The normalized spacial score (nSPS) is 17.3. The van der Waals surface area contributed by atoms with Gasteiger partial charge in [0.05, 0.1) is 6.61 Å². The van der Waals surface area contributed by atoms with Gasteiger partial charge in [-0.3, -0.25) is 9.89 Å². The summed E-state index contributed by atoms with van der Waals surface area (Å²) in [6, 6.07) is 7.72. The Morgan fingerprint density at radius 1 is 1.10 bits per heavy atom. The van der Waals surface area contributed by atoms with Gasteiger partial charge in [0.15, 0.2) is 5.96 Å². The van der Waals surface area contributed by atoms with E-state index < -0.39 is 12.8 Å². The van der Waals surface area contributed by atoms with Gasteiger partial charge >= 0.3 is 6.18 Å². The fourth-order valence-electron chi connectivity index (χ4n) is 3.08. The van der Waals surface area contributed by atoms with Crippen LogP contribution in [0.2, 0.25) is 0 Å². The highest BCUT2D eigenvalue weighted by molar-refractivity contribution is 14.0. The first kappa shape index (κ1) is 26.9. The molecule has 6 nitrogen and oxygen atoms in total. The number of benzene rings is 1. The van der Waals surface area contributed by atoms with E-state index >= 15 is 0 Å². The van der Waals surface area contributed by atoms with Gasteiger partial charge < -0.3 is 20.3 Å². The van der Waals surface area contributed by atoms with Crippen molar-refractivity contribution in [3.8, 4) is 0 Å². The van der Waals surface area contributed by atoms with Crippen molar-refractivity contribution in [2.24, 2.45) is 4.99 Å². The average molecular weight is 543 g/mol. The number of rotatable bonds is 8. The third-order valence-electron chi connectivity index (χ3n) is 4.97. The number of nitrogens with one attached hydrogen (secondary N) is 2. The van der Waals surface area contributed by atoms with Crippen molar-refractivity contribution >= 4 is 29.9 Å². The molecule has 10 heteroatoms. The van der Waals surface area contributed by atoms with E-state index in [0.717, 1.165) is 44.2 Å². The molecule has 172 valence electrons. The number of alkyl halides is 3. The van der Waals surface area contributed by atoms with Crippen LogP contribution in [0.15, 0.2) is 29.3 Å². The maximum atomic E-state index is 12.1. The number of likely N-dealkylation sites (N-methyl/N-ethyl adjacent to an activating group) is 1. The molecule has 0 saturated carbocycles. The van der Waals surface area contributed by atoms with Crippen LogP contribution in [0.4, 0.5) is 13.2 Å². The van der Waals surface area contributed by atoms with E-state index in [9.17, 15) is 13.2 Å². The van der Waals surface area contributed by atoms with Crippen LogP contribution in [0.1, 0.15) is 18.1 Å². The molecule has 1 fully saturated rings. The van der Waals surface area contributed by atoms with Gasteiger partial charge in [0.1, 0.15) is 6.61 Å². The minimum absolute atomic E-state index is 0. The van der Waals surface area contributed by atoms with E-state index in [4.69, 9.17) is 0 Å². The molecule has 0 amide bonds. The third kappa shape index (κ3) is 10.3. The molecule has 0 aliphatic carbocycles. The van der Waals surface area contributed by atoms with Gasteiger partial charge in [-0.25, -0.2) is 0 Å². The Balaban J connectivity index is 0.00000450. The van der Waals surface area contributed by atoms with Gasteiger partial charge in [-0.05, 0) is 25.1 Å². The Kier molecular flexibility index (Phi) is 12.0. The molecule has 30 heavy (non-hydrogen) atoms. The van der Waals surface area contributed by atoms with Crippen LogP contribution in [0.25, 0.3) is 0 Å². The molecule has 0 radical (unpaired) electrons. The first-order valence-electron chi connectivity index (χ1n) is 9.86. The largest absolute Gasteiger partial charge is 0.411 e. The maximum Gasteiger partial charge on any atom is 0.411 e. The summed E-state index contributed by atoms with van der Waals surface area (Å²) in [4.78, 5) is 9.06. The number of piperazine rings is 1. The molecular formula is C20H33F3IN5O. The average Bonchev–Trinajstić information content (AvgIpc) is 2.68. The van der Waals surface area contributed by atoms with Crippen molar-refractivity contribution in [2.45, 2.75) is 32.3 Å². The monoisotopic (exact) mass is 543 g/mol. The smallest absolute Gasteiger partial charge is 0.367 e. The topological polar surface area (TPSA) is 52.1 Å². The molecule has 1 aromatic carbocycles. The Labute approximate surface area is 194 Å². The van der Waals surface area contributed by atoms with Crippen LogP contribution in [-0.4, -0.2) is 81.4 Å². The predicted molar refractivity (Wildman–Crippen MR) is 124 cm³/mol. The van der Waals surface area contributed by atoms with Crippen LogP contribution < -0.4 is 10.6 Å².